The third kappa shape index (κ3) is 5.84. The summed E-state index contributed by atoms with van der Waals surface area (Å²) in [7, 11) is 0. The molecule has 2 rings (SSSR count). The molecule has 0 aromatic heterocycles. The van der Waals surface area contributed by atoms with E-state index in [0.29, 0.717) is 11.8 Å². The number of halogens is 1. The summed E-state index contributed by atoms with van der Waals surface area (Å²) in [6, 6.07) is 19.3. The third-order valence-electron chi connectivity index (χ3n) is 4.71. The monoisotopic (exact) mass is 373 g/mol. The summed E-state index contributed by atoms with van der Waals surface area (Å²) in [4.78, 5) is 6.49. The van der Waals surface area contributed by atoms with E-state index in [-0.39, 0.29) is 12.1 Å². The molecule has 0 radical (unpaired) electrons. The zero-order valence-corrected chi connectivity index (χ0v) is 17.2. The van der Waals surface area contributed by atoms with Crippen LogP contribution >= 0.6 is 11.6 Å². The number of nitrogens with zero attached hydrogens (tertiary/aromatic N) is 1. The third-order valence-corrected chi connectivity index (χ3v) is 5.02. The van der Waals surface area contributed by atoms with Gasteiger partial charge < -0.3 is 0 Å². The molecule has 0 aliphatic heterocycles. The molecular weight excluding hydrogens is 342 g/mol. The number of benzene rings is 2. The second-order valence-electron chi connectivity index (χ2n) is 7.22. The molecule has 3 heteroatoms. The minimum atomic E-state index is 0.00111. The number of hydroxylamine groups is 2. The highest BCUT2D eigenvalue weighted by Gasteiger charge is 2.26. The Morgan fingerprint density at radius 2 is 1.58 bits per heavy atom. The lowest BCUT2D eigenvalue weighted by atomic mass is 9.95. The van der Waals surface area contributed by atoms with Crippen molar-refractivity contribution < 1.29 is 4.84 Å². The van der Waals surface area contributed by atoms with Crippen LogP contribution < -0.4 is 0 Å². The molecule has 0 bridgehead atoms. The first-order chi connectivity index (χ1) is 12.6. The average molecular weight is 374 g/mol. The van der Waals surface area contributed by atoms with E-state index in [1.807, 2.05) is 0 Å². The summed E-state index contributed by atoms with van der Waals surface area (Å²) in [6.07, 6.45) is 2.27. The Morgan fingerprint density at radius 3 is 2.12 bits per heavy atom. The van der Waals surface area contributed by atoms with Gasteiger partial charge in [-0.05, 0) is 36.0 Å². The topological polar surface area (TPSA) is 12.5 Å². The normalized spacial score (nSPS) is 14.0. The van der Waals surface area contributed by atoms with Crippen molar-refractivity contribution in [2.24, 2.45) is 5.92 Å². The quantitative estimate of drug-likeness (QED) is 0.331. The predicted octanol–water partition coefficient (Wildman–Crippen LogP) is 6.92. The second kappa shape index (κ2) is 10.7. The number of hydrogen-bond donors (Lipinski definition) is 0. The lowest BCUT2D eigenvalue weighted by Gasteiger charge is -2.36. The molecule has 2 aromatic rings. The first kappa shape index (κ1) is 21.0. The Kier molecular flexibility index (Phi) is 8.64. The Hall–Kier alpha value is -1.35. The van der Waals surface area contributed by atoms with E-state index in [0.717, 1.165) is 24.9 Å². The molecule has 0 amide bonds. The van der Waals surface area contributed by atoms with Crippen molar-refractivity contribution in [3.05, 3.63) is 71.3 Å². The fourth-order valence-corrected chi connectivity index (χ4v) is 3.43. The fourth-order valence-electron chi connectivity index (χ4n) is 3.25. The Labute approximate surface area is 164 Å². The molecule has 2 atom stereocenters. The molecule has 2 nitrogen and oxygen atoms in total. The first-order valence-corrected chi connectivity index (χ1v) is 10.2. The summed E-state index contributed by atoms with van der Waals surface area (Å²) in [5.41, 5.74) is 3.62. The van der Waals surface area contributed by atoms with Gasteiger partial charge in [0.1, 0.15) is 6.10 Å². The summed E-state index contributed by atoms with van der Waals surface area (Å²) < 4.78 is 0. The van der Waals surface area contributed by atoms with E-state index < -0.39 is 0 Å². The van der Waals surface area contributed by atoms with Crippen LogP contribution in [0.5, 0.6) is 0 Å². The molecule has 0 saturated carbocycles. The Morgan fingerprint density at radius 1 is 0.923 bits per heavy atom. The van der Waals surface area contributed by atoms with Crippen molar-refractivity contribution in [2.45, 2.75) is 58.6 Å². The van der Waals surface area contributed by atoms with Crippen LogP contribution in [0.25, 0.3) is 0 Å². The molecule has 0 aliphatic carbocycles. The van der Waals surface area contributed by atoms with Crippen LogP contribution in [0.15, 0.2) is 54.6 Å². The van der Waals surface area contributed by atoms with Crippen LogP contribution in [0.2, 0.25) is 0 Å². The average Bonchev–Trinajstić information content (AvgIpc) is 2.66. The minimum Gasteiger partial charge on any atom is -0.291 e. The van der Waals surface area contributed by atoms with Gasteiger partial charge in [-0.25, -0.2) is 0 Å². The van der Waals surface area contributed by atoms with E-state index in [1.165, 1.54) is 11.1 Å². The Balaban J connectivity index is 2.21. The van der Waals surface area contributed by atoms with Crippen molar-refractivity contribution >= 4 is 11.6 Å². The minimum absolute atomic E-state index is 0.00111. The van der Waals surface area contributed by atoms with Gasteiger partial charge in [-0.1, -0.05) is 81.8 Å². The predicted molar refractivity (Wildman–Crippen MR) is 111 cm³/mol. The highest BCUT2D eigenvalue weighted by molar-refractivity contribution is 6.17. The molecule has 142 valence electrons. The van der Waals surface area contributed by atoms with Crippen molar-refractivity contribution in [3.63, 3.8) is 0 Å². The largest absolute Gasteiger partial charge is 0.291 e. The summed E-state index contributed by atoms with van der Waals surface area (Å²) in [5.74, 6) is 1.00. The van der Waals surface area contributed by atoms with Crippen LogP contribution in [0.1, 0.15) is 69.4 Å². The van der Waals surface area contributed by atoms with Crippen molar-refractivity contribution in [1.82, 2.24) is 5.06 Å². The smallest absolute Gasteiger partial charge is 0.101 e. The highest BCUT2D eigenvalue weighted by atomic mass is 35.5. The molecule has 0 fully saturated rings. The lowest BCUT2D eigenvalue weighted by Crippen LogP contribution is -2.34. The van der Waals surface area contributed by atoms with Gasteiger partial charge in [0.25, 0.3) is 0 Å². The lowest BCUT2D eigenvalue weighted by molar-refractivity contribution is -0.230. The van der Waals surface area contributed by atoms with E-state index in [9.17, 15) is 0 Å². The first-order valence-electron chi connectivity index (χ1n) is 9.70. The number of alkyl halides is 1. The van der Waals surface area contributed by atoms with Gasteiger partial charge in [-0.3, -0.25) is 4.84 Å². The van der Waals surface area contributed by atoms with Gasteiger partial charge in [0.2, 0.25) is 0 Å². The molecule has 0 heterocycles. The number of rotatable bonds is 10. The molecule has 26 heavy (non-hydrogen) atoms. The van der Waals surface area contributed by atoms with Crippen LogP contribution in [-0.4, -0.2) is 11.6 Å². The summed E-state index contributed by atoms with van der Waals surface area (Å²) in [6.45, 7) is 9.80. The maximum Gasteiger partial charge on any atom is 0.101 e. The van der Waals surface area contributed by atoms with Gasteiger partial charge in [-0.2, -0.15) is 5.06 Å². The second-order valence-corrected chi connectivity index (χ2v) is 7.48. The highest BCUT2D eigenvalue weighted by Crippen LogP contribution is 2.32. The number of hydrogen-bond acceptors (Lipinski definition) is 2. The molecular formula is C23H32ClNO. The zero-order valence-electron chi connectivity index (χ0n) is 16.5. The van der Waals surface area contributed by atoms with Gasteiger partial charge in [-0.15, -0.1) is 11.6 Å². The van der Waals surface area contributed by atoms with Crippen molar-refractivity contribution in [3.8, 4) is 0 Å². The SMILES string of the molecule is CCCCN(OC(C)c1ccc(CCl)cc1)C(c1ccccc1)C(C)C. The maximum atomic E-state index is 6.49. The van der Waals surface area contributed by atoms with Gasteiger partial charge in [0.05, 0.1) is 6.04 Å². The van der Waals surface area contributed by atoms with E-state index >= 15 is 0 Å². The number of unbranched alkanes of at least 4 members (excludes halogenated alkanes) is 1. The molecule has 0 N–H and O–H groups in total. The van der Waals surface area contributed by atoms with Gasteiger partial charge in [0.15, 0.2) is 0 Å². The van der Waals surface area contributed by atoms with Crippen LogP contribution in [0.4, 0.5) is 0 Å². The zero-order chi connectivity index (χ0) is 18.9. The van der Waals surface area contributed by atoms with E-state index in [2.05, 4.69) is 87.4 Å². The van der Waals surface area contributed by atoms with Crippen LogP contribution in [0, 0.1) is 5.92 Å². The van der Waals surface area contributed by atoms with E-state index in [1.54, 1.807) is 0 Å². The fraction of sp³-hybridized carbons (Fsp3) is 0.478. The van der Waals surface area contributed by atoms with Crippen molar-refractivity contribution in [1.29, 1.82) is 0 Å². The van der Waals surface area contributed by atoms with E-state index in [4.69, 9.17) is 16.4 Å². The molecule has 0 saturated heterocycles. The summed E-state index contributed by atoms with van der Waals surface area (Å²) >= 11 is 5.91. The van der Waals surface area contributed by atoms with Gasteiger partial charge in [0, 0.05) is 12.4 Å². The van der Waals surface area contributed by atoms with Crippen LogP contribution in [0.3, 0.4) is 0 Å². The molecule has 0 aliphatic rings. The molecule has 2 unspecified atom stereocenters. The van der Waals surface area contributed by atoms with Crippen molar-refractivity contribution in [2.75, 3.05) is 6.54 Å². The van der Waals surface area contributed by atoms with Gasteiger partial charge >= 0.3 is 0 Å². The van der Waals surface area contributed by atoms with Crippen LogP contribution in [-0.2, 0) is 10.7 Å². The molecule has 0 spiro atoms. The standard InChI is InChI=1S/C23H32ClNO/c1-5-6-16-25(23(18(2)3)22-10-8-7-9-11-22)26-19(4)21-14-12-20(17-24)13-15-21/h7-15,18-19,23H,5-6,16-17H2,1-4H3. The molecule has 2 aromatic carbocycles. The summed E-state index contributed by atoms with van der Waals surface area (Å²) in [5, 5.41) is 2.20. The Bertz CT molecular complexity index is 626. The maximum absolute atomic E-state index is 6.49.